The van der Waals surface area contributed by atoms with Crippen LogP contribution < -0.4 is 0 Å². The lowest BCUT2D eigenvalue weighted by molar-refractivity contribution is 0.523. The molecule has 92 valence electrons. The summed E-state index contributed by atoms with van der Waals surface area (Å²) >= 11 is 5.23. The summed E-state index contributed by atoms with van der Waals surface area (Å²) < 4.78 is 17.3. The largest absolute Gasteiger partial charge is 0.330 e. The molecule has 0 aliphatic carbocycles. The van der Waals surface area contributed by atoms with Gasteiger partial charge in [-0.05, 0) is 30.4 Å². The SMILES string of the molecule is Fc1ccc2c(c1)[nH]c(=S)n2CCn1ccnn1. The number of halogens is 1. The van der Waals surface area contributed by atoms with Crippen LogP contribution in [-0.4, -0.2) is 24.5 Å². The van der Waals surface area contributed by atoms with Crippen LogP contribution >= 0.6 is 12.2 Å². The molecular weight excluding hydrogens is 253 g/mol. The molecule has 0 radical (unpaired) electrons. The van der Waals surface area contributed by atoms with Crippen molar-refractivity contribution in [2.24, 2.45) is 0 Å². The van der Waals surface area contributed by atoms with E-state index in [1.54, 1.807) is 23.1 Å². The van der Waals surface area contributed by atoms with Gasteiger partial charge in [0.15, 0.2) is 4.77 Å². The first-order valence-electron chi connectivity index (χ1n) is 5.46. The number of nitrogens with one attached hydrogen (secondary N) is 1. The van der Waals surface area contributed by atoms with Crippen LogP contribution in [0.1, 0.15) is 0 Å². The lowest BCUT2D eigenvalue weighted by Crippen LogP contribution is -2.08. The van der Waals surface area contributed by atoms with Crippen LogP contribution in [-0.2, 0) is 13.1 Å². The Morgan fingerprint density at radius 2 is 2.22 bits per heavy atom. The summed E-state index contributed by atoms with van der Waals surface area (Å²) in [6.45, 7) is 1.33. The molecular formula is C11H10FN5S. The molecule has 18 heavy (non-hydrogen) atoms. The third kappa shape index (κ3) is 1.92. The molecule has 1 N–H and O–H groups in total. The number of aryl methyl sites for hydroxylation is 2. The van der Waals surface area contributed by atoms with Gasteiger partial charge in [0, 0.05) is 12.7 Å². The lowest BCUT2D eigenvalue weighted by atomic mass is 10.3. The Labute approximate surface area is 107 Å². The van der Waals surface area contributed by atoms with Gasteiger partial charge in [0.25, 0.3) is 0 Å². The smallest absolute Gasteiger partial charge is 0.178 e. The summed E-state index contributed by atoms with van der Waals surface area (Å²) in [5.74, 6) is -0.276. The molecule has 0 saturated carbocycles. The predicted octanol–water partition coefficient (Wildman–Crippen LogP) is 2.13. The van der Waals surface area contributed by atoms with Crippen LogP contribution in [0.25, 0.3) is 11.0 Å². The number of rotatable bonds is 3. The van der Waals surface area contributed by atoms with Gasteiger partial charge >= 0.3 is 0 Å². The van der Waals surface area contributed by atoms with Gasteiger partial charge in [-0.15, -0.1) is 5.10 Å². The van der Waals surface area contributed by atoms with E-state index in [1.807, 2.05) is 4.57 Å². The molecule has 3 aromatic rings. The molecule has 7 heteroatoms. The van der Waals surface area contributed by atoms with Gasteiger partial charge in [0.2, 0.25) is 0 Å². The lowest BCUT2D eigenvalue weighted by Gasteiger charge is -2.04. The van der Waals surface area contributed by atoms with Crippen LogP contribution in [0.4, 0.5) is 4.39 Å². The second kappa shape index (κ2) is 4.34. The number of hydrogen-bond donors (Lipinski definition) is 1. The molecule has 0 unspecified atom stereocenters. The van der Waals surface area contributed by atoms with Crippen molar-refractivity contribution in [2.45, 2.75) is 13.1 Å². The van der Waals surface area contributed by atoms with Gasteiger partial charge in [-0.3, -0.25) is 4.68 Å². The monoisotopic (exact) mass is 263 g/mol. The number of imidazole rings is 1. The van der Waals surface area contributed by atoms with E-state index in [0.717, 1.165) is 5.52 Å². The van der Waals surface area contributed by atoms with E-state index in [0.29, 0.717) is 23.4 Å². The van der Waals surface area contributed by atoms with E-state index >= 15 is 0 Å². The van der Waals surface area contributed by atoms with Crippen molar-refractivity contribution in [3.8, 4) is 0 Å². The molecule has 0 atom stereocenters. The van der Waals surface area contributed by atoms with Crippen molar-refractivity contribution in [3.63, 3.8) is 0 Å². The maximum absolute atomic E-state index is 13.1. The first-order valence-corrected chi connectivity index (χ1v) is 5.87. The maximum atomic E-state index is 13.1. The fraction of sp³-hybridized carbons (Fsp3) is 0.182. The standard InChI is InChI=1S/C11H10FN5S/c12-8-1-2-10-9(7-8)14-11(18)17(10)6-5-16-4-3-13-15-16/h1-4,7H,5-6H2,(H,14,18). The minimum atomic E-state index is -0.276. The maximum Gasteiger partial charge on any atom is 0.178 e. The first kappa shape index (κ1) is 11.1. The van der Waals surface area contributed by atoms with E-state index < -0.39 is 0 Å². The Kier molecular flexibility index (Phi) is 2.67. The molecule has 1 aromatic carbocycles. The topological polar surface area (TPSA) is 51.4 Å². The molecule has 0 bridgehead atoms. The molecule has 2 aromatic heterocycles. The first-order chi connectivity index (χ1) is 8.74. The normalized spacial score (nSPS) is 11.2. The van der Waals surface area contributed by atoms with Gasteiger partial charge in [-0.1, -0.05) is 5.21 Å². The summed E-state index contributed by atoms with van der Waals surface area (Å²) in [5, 5.41) is 7.63. The van der Waals surface area contributed by atoms with E-state index in [-0.39, 0.29) is 5.82 Å². The van der Waals surface area contributed by atoms with Crippen molar-refractivity contribution in [1.82, 2.24) is 24.5 Å². The van der Waals surface area contributed by atoms with Crippen molar-refractivity contribution in [2.75, 3.05) is 0 Å². The van der Waals surface area contributed by atoms with Gasteiger partial charge in [-0.2, -0.15) is 0 Å². The average molecular weight is 263 g/mol. The van der Waals surface area contributed by atoms with Crippen LogP contribution in [0, 0.1) is 10.6 Å². The molecule has 2 heterocycles. The summed E-state index contributed by atoms with van der Waals surface area (Å²) in [6, 6.07) is 4.59. The van der Waals surface area contributed by atoms with Crippen molar-refractivity contribution in [1.29, 1.82) is 0 Å². The van der Waals surface area contributed by atoms with Crippen molar-refractivity contribution < 1.29 is 4.39 Å². The second-order valence-corrected chi connectivity index (χ2v) is 4.30. The molecule has 0 spiro atoms. The third-order valence-electron chi connectivity index (χ3n) is 2.76. The number of benzene rings is 1. The minimum Gasteiger partial charge on any atom is -0.330 e. The Morgan fingerprint density at radius 1 is 1.33 bits per heavy atom. The summed E-state index contributed by atoms with van der Waals surface area (Å²) in [4.78, 5) is 2.99. The van der Waals surface area contributed by atoms with Crippen LogP contribution in [0.3, 0.4) is 0 Å². The number of fused-ring (bicyclic) bond motifs is 1. The highest BCUT2D eigenvalue weighted by Crippen LogP contribution is 2.15. The minimum absolute atomic E-state index is 0.276. The van der Waals surface area contributed by atoms with Crippen molar-refractivity contribution >= 4 is 23.3 Å². The van der Waals surface area contributed by atoms with Crippen LogP contribution in [0.15, 0.2) is 30.6 Å². The Balaban J connectivity index is 1.96. The summed E-state index contributed by atoms with van der Waals surface area (Å²) in [5.41, 5.74) is 1.60. The summed E-state index contributed by atoms with van der Waals surface area (Å²) in [6.07, 6.45) is 3.42. The number of aromatic amines is 1. The number of H-pyrrole nitrogens is 1. The van der Waals surface area contributed by atoms with E-state index in [2.05, 4.69) is 15.3 Å². The predicted molar refractivity (Wildman–Crippen MR) is 67.1 cm³/mol. The molecule has 0 amide bonds. The molecule has 3 rings (SSSR count). The number of hydrogen-bond acceptors (Lipinski definition) is 3. The van der Waals surface area contributed by atoms with Gasteiger partial charge in [0.05, 0.1) is 23.8 Å². The fourth-order valence-corrected chi connectivity index (χ4v) is 2.21. The van der Waals surface area contributed by atoms with Crippen LogP contribution in [0.5, 0.6) is 0 Å². The van der Waals surface area contributed by atoms with Gasteiger partial charge in [0.1, 0.15) is 5.82 Å². The molecule has 0 saturated heterocycles. The second-order valence-electron chi connectivity index (χ2n) is 3.91. The zero-order chi connectivity index (χ0) is 12.5. The number of aromatic nitrogens is 5. The van der Waals surface area contributed by atoms with Crippen LogP contribution in [0.2, 0.25) is 0 Å². The quantitative estimate of drug-likeness (QED) is 0.736. The van der Waals surface area contributed by atoms with E-state index in [9.17, 15) is 4.39 Å². The highest BCUT2D eigenvalue weighted by Gasteiger charge is 2.05. The molecule has 0 fully saturated rings. The highest BCUT2D eigenvalue weighted by molar-refractivity contribution is 7.71. The third-order valence-corrected chi connectivity index (χ3v) is 3.08. The Hall–Kier alpha value is -2.02. The Morgan fingerprint density at radius 3 is 3.00 bits per heavy atom. The highest BCUT2D eigenvalue weighted by atomic mass is 32.1. The van der Waals surface area contributed by atoms with E-state index in [1.165, 1.54) is 12.1 Å². The van der Waals surface area contributed by atoms with Crippen molar-refractivity contribution in [3.05, 3.63) is 41.2 Å². The number of nitrogens with zero attached hydrogens (tertiary/aromatic N) is 4. The summed E-state index contributed by atoms with van der Waals surface area (Å²) in [7, 11) is 0. The zero-order valence-corrected chi connectivity index (χ0v) is 10.2. The molecule has 0 aliphatic heterocycles. The van der Waals surface area contributed by atoms with Gasteiger partial charge < -0.3 is 9.55 Å². The van der Waals surface area contributed by atoms with Gasteiger partial charge in [-0.25, -0.2) is 4.39 Å². The molecule has 5 nitrogen and oxygen atoms in total. The zero-order valence-electron chi connectivity index (χ0n) is 9.38. The fourth-order valence-electron chi connectivity index (χ4n) is 1.91. The van der Waals surface area contributed by atoms with E-state index in [4.69, 9.17) is 12.2 Å². The molecule has 0 aliphatic rings. The average Bonchev–Trinajstić information content (AvgIpc) is 2.93. The Bertz CT molecular complexity index is 728.